The molecule has 2 heteroatoms. The number of benzene rings is 1. The summed E-state index contributed by atoms with van der Waals surface area (Å²) in [6.07, 6.45) is 1.86. The van der Waals surface area contributed by atoms with Crippen molar-refractivity contribution in [3.63, 3.8) is 0 Å². The Labute approximate surface area is 84.9 Å². The Morgan fingerprint density at radius 3 is 2.86 bits per heavy atom. The van der Waals surface area contributed by atoms with E-state index in [0.29, 0.717) is 18.1 Å². The first-order chi connectivity index (χ1) is 6.72. The van der Waals surface area contributed by atoms with Crippen LogP contribution in [0.25, 0.3) is 0 Å². The predicted octanol–water partition coefficient (Wildman–Crippen LogP) is 2.92. The molecule has 0 N–H and O–H groups in total. The van der Waals surface area contributed by atoms with Crippen LogP contribution in [-0.2, 0) is 0 Å². The Kier molecular flexibility index (Phi) is 4.17. The molecule has 0 heterocycles. The average molecular weight is 192 g/mol. The maximum atomic E-state index is 10.5. The van der Waals surface area contributed by atoms with E-state index in [-0.39, 0.29) is 0 Å². The van der Waals surface area contributed by atoms with Gasteiger partial charge in [0.1, 0.15) is 12.0 Å². The summed E-state index contributed by atoms with van der Waals surface area (Å²) < 4.78 is 5.50. The molecule has 0 spiro atoms. The molecule has 1 rings (SSSR count). The molecule has 0 aromatic heterocycles. The molecule has 0 aliphatic heterocycles. The molecule has 0 saturated carbocycles. The molecular formula is C12H16O2. The Balaban J connectivity index is 2.46. The largest absolute Gasteiger partial charge is 0.494 e. The second kappa shape index (κ2) is 5.43. The van der Waals surface area contributed by atoms with Crippen molar-refractivity contribution in [1.82, 2.24) is 0 Å². The fraction of sp³-hybridized carbons (Fsp3) is 0.417. The quantitative estimate of drug-likeness (QED) is 0.670. The van der Waals surface area contributed by atoms with Gasteiger partial charge in [0.2, 0.25) is 0 Å². The molecule has 0 bridgehead atoms. The third-order valence-corrected chi connectivity index (χ3v) is 1.96. The summed E-state index contributed by atoms with van der Waals surface area (Å²) in [7, 11) is 0. The lowest BCUT2D eigenvalue weighted by Crippen LogP contribution is -2.01. The number of carbonyl (C=O) groups excluding carboxylic acids is 1. The number of rotatable bonds is 5. The highest BCUT2D eigenvalue weighted by Gasteiger charge is 1.97. The summed E-state index contributed by atoms with van der Waals surface area (Å²) >= 11 is 0. The van der Waals surface area contributed by atoms with Crippen LogP contribution in [0.15, 0.2) is 24.3 Å². The van der Waals surface area contributed by atoms with Crippen molar-refractivity contribution in [3.8, 4) is 5.75 Å². The lowest BCUT2D eigenvalue weighted by molar-refractivity contribution is 0.112. The summed E-state index contributed by atoms with van der Waals surface area (Å²) in [6.45, 7) is 5.02. The highest BCUT2D eigenvalue weighted by molar-refractivity contribution is 5.75. The molecule has 76 valence electrons. The van der Waals surface area contributed by atoms with Crippen LogP contribution in [0.3, 0.4) is 0 Å². The topological polar surface area (TPSA) is 26.3 Å². The van der Waals surface area contributed by atoms with Crippen LogP contribution in [0, 0.1) is 5.92 Å². The molecule has 0 atom stereocenters. The molecule has 0 aliphatic carbocycles. The van der Waals surface area contributed by atoms with E-state index in [2.05, 4.69) is 13.8 Å². The van der Waals surface area contributed by atoms with Crippen LogP contribution in [0.5, 0.6) is 5.75 Å². The van der Waals surface area contributed by atoms with Crippen LogP contribution >= 0.6 is 0 Å². The van der Waals surface area contributed by atoms with Crippen LogP contribution in [0.1, 0.15) is 30.6 Å². The molecule has 0 fully saturated rings. The first kappa shape index (κ1) is 10.8. The van der Waals surface area contributed by atoms with Crippen molar-refractivity contribution in [3.05, 3.63) is 29.8 Å². The van der Waals surface area contributed by atoms with Crippen molar-refractivity contribution in [2.45, 2.75) is 20.3 Å². The minimum atomic E-state index is 0.643. The van der Waals surface area contributed by atoms with Gasteiger partial charge in [-0.1, -0.05) is 26.0 Å². The summed E-state index contributed by atoms with van der Waals surface area (Å²) in [4.78, 5) is 10.5. The van der Waals surface area contributed by atoms with Crippen LogP contribution in [0.2, 0.25) is 0 Å². The van der Waals surface area contributed by atoms with Gasteiger partial charge in [0, 0.05) is 5.56 Å². The Morgan fingerprint density at radius 1 is 1.43 bits per heavy atom. The highest BCUT2D eigenvalue weighted by atomic mass is 16.5. The van der Waals surface area contributed by atoms with E-state index in [0.717, 1.165) is 18.5 Å². The van der Waals surface area contributed by atoms with Crippen molar-refractivity contribution in [2.75, 3.05) is 6.61 Å². The van der Waals surface area contributed by atoms with Crippen molar-refractivity contribution < 1.29 is 9.53 Å². The number of carbonyl (C=O) groups is 1. The first-order valence-corrected chi connectivity index (χ1v) is 4.90. The summed E-state index contributed by atoms with van der Waals surface area (Å²) in [6, 6.07) is 7.22. The van der Waals surface area contributed by atoms with Gasteiger partial charge in [0.05, 0.1) is 6.61 Å². The standard InChI is InChI=1S/C12H16O2/c1-10(2)6-7-14-12-5-3-4-11(8-12)9-13/h3-5,8-10H,6-7H2,1-2H3. The Hall–Kier alpha value is -1.31. The van der Waals surface area contributed by atoms with Crippen LogP contribution in [-0.4, -0.2) is 12.9 Å². The van der Waals surface area contributed by atoms with Gasteiger partial charge in [-0.3, -0.25) is 4.79 Å². The molecule has 0 amide bonds. The molecule has 14 heavy (non-hydrogen) atoms. The zero-order valence-electron chi connectivity index (χ0n) is 8.69. The number of hydrogen-bond donors (Lipinski definition) is 0. The van der Waals surface area contributed by atoms with Gasteiger partial charge in [-0.25, -0.2) is 0 Å². The maximum Gasteiger partial charge on any atom is 0.150 e. The van der Waals surface area contributed by atoms with E-state index in [9.17, 15) is 4.79 Å². The van der Waals surface area contributed by atoms with Crippen molar-refractivity contribution in [2.24, 2.45) is 5.92 Å². The number of hydrogen-bond acceptors (Lipinski definition) is 2. The van der Waals surface area contributed by atoms with E-state index >= 15 is 0 Å². The third kappa shape index (κ3) is 3.60. The Bertz CT molecular complexity index is 292. The van der Waals surface area contributed by atoms with E-state index in [4.69, 9.17) is 4.74 Å². The van der Waals surface area contributed by atoms with Crippen LogP contribution in [0.4, 0.5) is 0 Å². The van der Waals surface area contributed by atoms with Gasteiger partial charge in [-0.2, -0.15) is 0 Å². The molecule has 2 nitrogen and oxygen atoms in total. The summed E-state index contributed by atoms with van der Waals surface area (Å²) in [5.41, 5.74) is 0.659. The molecule has 0 unspecified atom stereocenters. The van der Waals surface area contributed by atoms with Crippen LogP contribution < -0.4 is 4.74 Å². The van der Waals surface area contributed by atoms with Crippen molar-refractivity contribution >= 4 is 6.29 Å². The van der Waals surface area contributed by atoms with Crippen molar-refractivity contribution in [1.29, 1.82) is 0 Å². The lowest BCUT2D eigenvalue weighted by Gasteiger charge is -2.07. The SMILES string of the molecule is CC(C)CCOc1cccc(C=O)c1. The number of aldehydes is 1. The molecule has 0 saturated heterocycles. The number of ether oxygens (including phenoxy) is 1. The maximum absolute atomic E-state index is 10.5. The van der Waals surface area contributed by atoms with Gasteiger partial charge in [0.15, 0.2) is 0 Å². The van der Waals surface area contributed by atoms with E-state index in [1.54, 1.807) is 12.1 Å². The minimum absolute atomic E-state index is 0.643. The second-order valence-corrected chi connectivity index (χ2v) is 3.72. The molecule has 0 radical (unpaired) electrons. The van der Waals surface area contributed by atoms with E-state index in [1.165, 1.54) is 0 Å². The fourth-order valence-corrected chi connectivity index (χ4v) is 1.09. The predicted molar refractivity (Wildman–Crippen MR) is 56.8 cm³/mol. The fourth-order valence-electron chi connectivity index (χ4n) is 1.09. The highest BCUT2D eigenvalue weighted by Crippen LogP contribution is 2.12. The van der Waals surface area contributed by atoms with E-state index < -0.39 is 0 Å². The van der Waals surface area contributed by atoms with Gasteiger partial charge >= 0.3 is 0 Å². The van der Waals surface area contributed by atoms with E-state index in [1.807, 2.05) is 12.1 Å². The summed E-state index contributed by atoms with van der Waals surface area (Å²) in [5, 5.41) is 0. The smallest absolute Gasteiger partial charge is 0.150 e. The first-order valence-electron chi connectivity index (χ1n) is 4.90. The van der Waals surface area contributed by atoms with Gasteiger partial charge in [-0.05, 0) is 24.5 Å². The second-order valence-electron chi connectivity index (χ2n) is 3.72. The average Bonchev–Trinajstić information content (AvgIpc) is 2.18. The zero-order valence-corrected chi connectivity index (χ0v) is 8.69. The monoisotopic (exact) mass is 192 g/mol. The molecular weight excluding hydrogens is 176 g/mol. The molecule has 1 aromatic rings. The molecule has 1 aromatic carbocycles. The van der Waals surface area contributed by atoms with Gasteiger partial charge < -0.3 is 4.74 Å². The normalized spacial score (nSPS) is 10.2. The van der Waals surface area contributed by atoms with Gasteiger partial charge in [-0.15, -0.1) is 0 Å². The minimum Gasteiger partial charge on any atom is -0.494 e. The lowest BCUT2D eigenvalue weighted by atomic mass is 10.1. The zero-order chi connectivity index (χ0) is 10.4. The Morgan fingerprint density at radius 2 is 2.21 bits per heavy atom. The molecule has 0 aliphatic rings. The summed E-state index contributed by atoms with van der Waals surface area (Å²) in [5.74, 6) is 1.42. The van der Waals surface area contributed by atoms with Gasteiger partial charge in [0.25, 0.3) is 0 Å². The third-order valence-electron chi connectivity index (χ3n) is 1.96.